The monoisotopic (exact) mass is 171 g/mol. The van der Waals surface area contributed by atoms with Crippen molar-refractivity contribution in [3.8, 4) is 0 Å². The van der Waals surface area contributed by atoms with Crippen molar-refractivity contribution in [2.75, 3.05) is 13.7 Å². The molecule has 4 atom stereocenters. The molecule has 0 unspecified atom stereocenters. The van der Waals surface area contributed by atoms with Gasteiger partial charge >= 0.3 is 0 Å². The fourth-order valence-corrected chi connectivity index (χ4v) is 2.79. The van der Waals surface area contributed by atoms with Crippen LogP contribution in [-0.2, 0) is 0 Å². The lowest BCUT2D eigenvalue weighted by molar-refractivity contribution is -0.0300. The van der Waals surface area contributed by atoms with E-state index in [4.69, 9.17) is 5.11 Å². The van der Waals surface area contributed by atoms with E-state index in [1.54, 1.807) is 0 Å². The number of hydrogen-bond acceptors (Lipinski definition) is 3. The van der Waals surface area contributed by atoms with Gasteiger partial charge in [0.25, 0.3) is 0 Å². The predicted octanol–water partition coefficient (Wildman–Crippen LogP) is -0.178. The molecule has 0 amide bonds. The molecule has 2 N–H and O–H groups in total. The molecule has 2 aliphatic rings. The molecular formula is C9H17NO2. The lowest BCUT2D eigenvalue weighted by Gasteiger charge is -2.39. The third kappa shape index (κ3) is 1.08. The van der Waals surface area contributed by atoms with E-state index < -0.39 is 0 Å². The second-order valence-corrected chi connectivity index (χ2v) is 4.11. The van der Waals surface area contributed by atoms with Gasteiger partial charge in [0.1, 0.15) is 0 Å². The molecule has 0 aromatic heterocycles. The standard InChI is InChI=1S/C9H17NO2/c1-10-6-2-3-8(10)7(5-11)9(12)4-6/h6-9,11-12H,2-5H2,1H3/t6-,7-,8-,9+/m1/s1. The van der Waals surface area contributed by atoms with Gasteiger partial charge in [0.15, 0.2) is 0 Å². The molecule has 0 aromatic carbocycles. The van der Waals surface area contributed by atoms with Crippen molar-refractivity contribution in [3.05, 3.63) is 0 Å². The molecule has 12 heavy (non-hydrogen) atoms. The molecule has 0 saturated carbocycles. The molecule has 3 nitrogen and oxygen atoms in total. The largest absolute Gasteiger partial charge is 0.396 e. The second kappa shape index (κ2) is 2.98. The molecule has 2 saturated heterocycles. The Bertz CT molecular complexity index is 174. The Labute approximate surface area is 73.0 Å². The van der Waals surface area contributed by atoms with Gasteiger partial charge in [0.05, 0.1) is 6.10 Å². The molecule has 2 aliphatic heterocycles. The summed E-state index contributed by atoms with van der Waals surface area (Å²) in [4.78, 5) is 2.33. The molecule has 0 spiro atoms. The quantitative estimate of drug-likeness (QED) is 0.575. The molecule has 0 aromatic rings. The molecule has 70 valence electrons. The predicted molar refractivity (Wildman–Crippen MR) is 45.8 cm³/mol. The van der Waals surface area contributed by atoms with Gasteiger partial charge in [-0.3, -0.25) is 4.90 Å². The molecule has 3 heteroatoms. The van der Waals surface area contributed by atoms with E-state index in [-0.39, 0.29) is 18.6 Å². The van der Waals surface area contributed by atoms with Crippen molar-refractivity contribution in [2.24, 2.45) is 5.92 Å². The van der Waals surface area contributed by atoms with Crippen LogP contribution >= 0.6 is 0 Å². The highest BCUT2D eigenvalue weighted by Crippen LogP contribution is 2.37. The summed E-state index contributed by atoms with van der Waals surface area (Å²) in [5.41, 5.74) is 0. The van der Waals surface area contributed by atoms with Gasteiger partial charge in [0.2, 0.25) is 0 Å². The molecule has 2 bridgehead atoms. The highest BCUT2D eigenvalue weighted by atomic mass is 16.3. The summed E-state index contributed by atoms with van der Waals surface area (Å²) in [5.74, 6) is 0.0914. The van der Waals surface area contributed by atoms with Crippen molar-refractivity contribution >= 4 is 0 Å². The van der Waals surface area contributed by atoms with Crippen LogP contribution in [0.1, 0.15) is 19.3 Å². The highest BCUT2D eigenvalue weighted by molar-refractivity contribution is 4.98. The van der Waals surface area contributed by atoms with Crippen molar-refractivity contribution in [1.29, 1.82) is 0 Å². The number of aliphatic hydroxyl groups excluding tert-OH is 2. The average Bonchev–Trinajstić information content (AvgIpc) is 2.34. The Morgan fingerprint density at radius 3 is 2.83 bits per heavy atom. The fraction of sp³-hybridized carbons (Fsp3) is 1.00. The van der Waals surface area contributed by atoms with Gasteiger partial charge in [0, 0.05) is 24.6 Å². The van der Waals surface area contributed by atoms with Gasteiger partial charge < -0.3 is 10.2 Å². The lowest BCUT2D eigenvalue weighted by atomic mass is 9.88. The van der Waals surface area contributed by atoms with Crippen LogP contribution in [0.25, 0.3) is 0 Å². The van der Waals surface area contributed by atoms with Gasteiger partial charge in [-0.25, -0.2) is 0 Å². The average molecular weight is 171 g/mol. The number of nitrogens with zero attached hydrogens (tertiary/aromatic N) is 1. The molecule has 0 radical (unpaired) electrons. The summed E-state index contributed by atoms with van der Waals surface area (Å²) < 4.78 is 0. The Morgan fingerprint density at radius 2 is 2.17 bits per heavy atom. The van der Waals surface area contributed by atoms with E-state index in [1.807, 2.05) is 0 Å². The number of aliphatic hydroxyl groups is 2. The molecule has 2 rings (SSSR count). The Morgan fingerprint density at radius 1 is 1.42 bits per heavy atom. The lowest BCUT2D eigenvalue weighted by Crippen LogP contribution is -2.50. The van der Waals surface area contributed by atoms with Crippen LogP contribution < -0.4 is 0 Å². The number of piperidine rings is 1. The van der Waals surface area contributed by atoms with Crippen molar-refractivity contribution < 1.29 is 10.2 Å². The second-order valence-electron chi connectivity index (χ2n) is 4.11. The van der Waals surface area contributed by atoms with Crippen LogP contribution in [0.2, 0.25) is 0 Å². The first-order chi connectivity index (χ1) is 5.74. The minimum absolute atomic E-state index is 0.0914. The first-order valence-corrected chi connectivity index (χ1v) is 4.75. The normalized spacial score (nSPS) is 48.2. The molecule has 2 heterocycles. The minimum atomic E-state index is -0.274. The molecule has 0 aliphatic carbocycles. The zero-order valence-electron chi connectivity index (χ0n) is 7.48. The van der Waals surface area contributed by atoms with Crippen LogP contribution in [0.3, 0.4) is 0 Å². The maximum absolute atomic E-state index is 9.68. The Balaban J connectivity index is 2.14. The summed E-state index contributed by atoms with van der Waals surface area (Å²) >= 11 is 0. The highest BCUT2D eigenvalue weighted by Gasteiger charge is 2.44. The molecule has 2 fully saturated rings. The maximum atomic E-state index is 9.68. The zero-order valence-corrected chi connectivity index (χ0v) is 7.48. The summed E-state index contributed by atoms with van der Waals surface area (Å²) in [5, 5.41) is 18.8. The van der Waals surface area contributed by atoms with Crippen LogP contribution in [0.5, 0.6) is 0 Å². The summed E-state index contributed by atoms with van der Waals surface area (Å²) in [6.07, 6.45) is 2.90. The van der Waals surface area contributed by atoms with Crippen LogP contribution in [0.15, 0.2) is 0 Å². The SMILES string of the molecule is CN1[C@@H]2CC[C@@H]1[C@@H](CO)[C@@H](O)C2. The smallest absolute Gasteiger partial charge is 0.0620 e. The van der Waals surface area contributed by atoms with E-state index in [0.29, 0.717) is 12.1 Å². The van der Waals surface area contributed by atoms with E-state index in [2.05, 4.69) is 11.9 Å². The third-order valence-electron chi connectivity index (χ3n) is 3.61. The van der Waals surface area contributed by atoms with E-state index in [1.165, 1.54) is 6.42 Å². The van der Waals surface area contributed by atoms with Crippen molar-refractivity contribution in [2.45, 2.75) is 37.5 Å². The minimum Gasteiger partial charge on any atom is -0.396 e. The third-order valence-corrected chi connectivity index (χ3v) is 3.61. The number of hydrogen-bond donors (Lipinski definition) is 2. The van der Waals surface area contributed by atoms with E-state index >= 15 is 0 Å². The summed E-state index contributed by atoms with van der Waals surface area (Å²) in [6.45, 7) is 0.128. The molecular weight excluding hydrogens is 154 g/mol. The van der Waals surface area contributed by atoms with Crippen LogP contribution in [0.4, 0.5) is 0 Å². The van der Waals surface area contributed by atoms with Crippen molar-refractivity contribution in [3.63, 3.8) is 0 Å². The van der Waals surface area contributed by atoms with Crippen LogP contribution in [-0.4, -0.2) is 47.0 Å². The summed E-state index contributed by atoms with van der Waals surface area (Å²) in [7, 11) is 2.11. The van der Waals surface area contributed by atoms with Gasteiger partial charge in [-0.15, -0.1) is 0 Å². The number of fused-ring (bicyclic) bond motifs is 2. The van der Waals surface area contributed by atoms with Gasteiger partial charge in [-0.2, -0.15) is 0 Å². The Kier molecular flexibility index (Phi) is 2.10. The fourth-order valence-electron chi connectivity index (χ4n) is 2.79. The summed E-state index contributed by atoms with van der Waals surface area (Å²) in [6, 6.07) is 0.983. The zero-order chi connectivity index (χ0) is 8.72. The Hall–Kier alpha value is -0.120. The van der Waals surface area contributed by atoms with E-state index in [9.17, 15) is 5.11 Å². The topological polar surface area (TPSA) is 43.7 Å². The first kappa shape index (κ1) is 8.48. The number of rotatable bonds is 1. The van der Waals surface area contributed by atoms with Gasteiger partial charge in [-0.1, -0.05) is 0 Å². The van der Waals surface area contributed by atoms with Gasteiger partial charge in [-0.05, 0) is 26.3 Å². The first-order valence-electron chi connectivity index (χ1n) is 4.75. The van der Waals surface area contributed by atoms with E-state index in [0.717, 1.165) is 12.8 Å². The van der Waals surface area contributed by atoms with Crippen molar-refractivity contribution in [1.82, 2.24) is 4.90 Å². The maximum Gasteiger partial charge on any atom is 0.0620 e. The van der Waals surface area contributed by atoms with Crippen LogP contribution in [0, 0.1) is 5.92 Å².